The first-order valence-corrected chi connectivity index (χ1v) is 12.7. The van der Waals surface area contributed by atoms with Gasteiger partial charge in [0, 0.05) is 41.2 Å². The molecule has 3 aliphatic rings. The standard InChI is InChI=1S/C27H31Cl2N3O/c1-4-27-12-11-22(21-10-7-18(13-23(21)29)19-14-30-32(3)15-19)24(17-5-8-20(28)9-6-17)25(27)16(2)31-26(27)33/h5-6,8-10,13-16,18,22,24-25H,4,7,11-12H2,1-3H3,(H,31,33)/t16-,18?,22+,24+,25+,27-/m1/s1. The molecular formula is C27H31Cl2N3O. The van der Waals surface area contributed by atoms with Gasteiger partial charge in [0.1, 0.15) is 0 Å². The number of fused-ring (bicyclic) bond motifs is 1. The summed E-state index contributed by atoms with van der Waals surface area (Å²) in [5.41, 5.74) is 3.35. The van der Waals surface area contributed by atoms with Crippen LogP contribution in [0.15, 0.2) is 59.4 Å². The number of carbonyl (C=O) groups excluding carboxylic acids is 1. The van der Waals surface area contributed by atoms with Crippen molar-refractivity contribution >= 4 is 29.1 Å². The van der Waals surface area contributed by atoms with Gasteiger partial charge in [0.2, 0.25) is 5.91 Å². The third-order valence-electron chi connectivity index (χ3n) is 8.36. The molecule has 2 aliphatic carbocycles. The fourth-order valence-corrected chi connectivity index (χ4v) is 7.27. The van der Waals surface area contributed by atoms with Crippen molar-refractivity contribution in [2.75, 3.05) is 0 Å². The van der Waals surface area contributed by atoms with Crippen LogP contribution in [-0.4, -0.2) is 21.7 Å². The Kier molecular flexibility index (Phi) is 5.95. The molecule has 1 aromatic carbocycles. The number of carbonyl (C=O) groups is 1. The van der Waals surface area contributed by atoms with Crippen LogP contribution in [0.2, 0.25) is 5.02 Å². The smallest absolute Gasteiger partial charge is 0.226 e. The van der Waals surface area contributed by atoms with E-state index in [2.05, 4.69) is 54.7 Å². The quantitative estimate of drug-likeness (QED) is 0.551. The highest BCUT2D eigenvalue weighted by Crippen LogP contribution is 2.60. The molecule has 1 saturated heterocycles. The van der Waals surface area contributed by atoms with Gasteiger partial charge in [-0.15, -0.1) is 0 Å². The zero-order chi connectivity index (χ0) is 23.3. The highest BCUT2D eigenvalue weighted by Gasteiger charge is 2.59. The van der Waals surface area contributed by atoms with Crippen LogP contribution >= 0.6 is 23.2 Å². The van der Waals surface area contributed by atoms with Crippen molar-refractivity contribution in [2.24, 2.45) is 24.3 Å². The lowest BCUT2D eigenvalue weighted by Crippen LogP contribution is -2.45. The van der Waals surface area contributed by atoms with Crippen molar-refractivity contribution in [3.05, 3.63) is 75.6 Å². The lowest BCUT2D eigenvalue weighted by molar-refractivity contribution is -0.131. The highest BCUT2D eigenvalue weighted by molar-refractivity contribution is 6.32. The minimum Gasteiger partial charge on any atom is -0.353 e. The van der Waals surface area contributed by atoms with Gasteiger partial charge in [0.25, 0.3) is 0 Å². The van der Waals surface area contributed by atoms with Crippen molar-refractivity contribution in [2.45, 2.75) is 57.4 Å². The number of benzene rings is 1. The molecule has 6 atom stereocenters. The molecule has 2 aromatic rings. The van der Waals surface area contributed by atoms with Crippen LogP contribution in [0.5, 0.6) is 0 Å². The van der Waals surface area contributed by atoms with E-state index < -0.39 is 0 Å². The minimum atomic E-state index is -0.316. The van der Waals surface area contributed by atoms with Crippen LogP contribution in [0, 0.1) is 17.3 Å². The zero-order valence-corrected chi connectivity index (χ0v) is 20.9. The van der Waals surface area contributed by atoms with Crippen LogP contribution in [0.1, 0.15) is 62.5 Å². The number of allylic oxidation sites excluding steroid dienone is 4. The maximum Gasteiger partial charge on any atom is 0.226 e. The molecule has 2 heterocycles. The van der Waals surface area contributed by atoms with Crippen molar-refractivity contribution in [3.8, 4) is 0 Å². The Balaban J connectivity index is 1.54. The Morgan fingerprint density at radius 3 is 2.61 bits per heavy atom. The molecule has 2 fully saturated rings. The first-order valence-electron chi connectivity index (χ1n) is 12.0. The maximum atomic E-state index is 13.2. The number of hydrogen-bond acceptors (Lipinski definition) is 2. The molecule has 1 N–H and O–H groups in total. The average molecular weight is 484 g/mol. The van der Waals surface area contributed by atoms with E-state index in [1.165, 1.54) is 16.7 Å². The molecule has 0 radical (unpaired) electrons. The van der Waals surface area contributed by atoms with Gasteiger partial charge in [-0.3, -0.25) is 9.48 Å². The van der Waals surface area contributed by atoms with E-state index in [-0.39, 0.29) is 41.0 Å². The van der Waals surface area contributed by atoms with Gasteiger partial charge in [-0.2, -0.15) is 5.10 Å². The fourth-order valence-electron chi connectivity index (χ4n) is 6.78. The Morgan fingerprint density at radius 1 is 1.21 bits per heavy atom. The van der Waals surface area contributed by atoms with E-state index in [4.69, 9.17) is 23.2 Å². The number of rotatable bonds is 4. The van der Waals surface area contributed by atoms with Crippen molar-refractivity contribution in [1.29, 1.82) is 0 Å². The molecule has 4 nitrogen and oxygen atoms in total. The molecule has 1 amide bonds. The Hall–Kier alpha value is -2.04. The van der Waals surface area contributed by atoms with Crippen LogP contribution < -0.4 is 5.32 Å². The number of aromatic nitrogens is 2. The summed E-state index contributed by atoms with van der Waals surface area (Å²) >= 11 is 13.2. The summed E-state index contributed by atoms with van der Waals surface area (Å²) in [6, 6.07) is 8.34. The first kappa shape index (κ1) is 22.7. The number of aryl methyl sites for hydroxylation is 1. The van der Waals surface area contributed by atoms with Gasteiger partial charge < -0.3 is 5.32 Å². The lowest BCUT2D eigenvalue weighted by atomic mass is 9.54. The van der Waals surface area contributed by atoms with Gasteiger partial charge in [0.15, 0.2) is 0 Å². The SMILES string of the molecule is CC[C@@]12CC[C@@H](C3=CCC(c4cnn(C)c4)C=C3Cl)[C@H](c3ccc(Cl)cc3)[C@@H]1[C@@H](C)NC2=O. The summed E-state index contributed by atoms with van der Waals surface area (Å²) in [6.45, 7) is 4.32. The molecule has 1 aromatic heterocycles. The summed E-state index contributed by atoms with van der Waals surface area (Å²) in [6.07, 6.45) is 12.1. The second-order valence-corrected chi connectivity index (χ2v) is 10.8. The number of hydrogen-bond donors (Lipinski definition) is 1. The monoisotopic (exact) mass is 483 g/mol. The minimum absolute atomic E-state index is 0.121. The molecular weight excluding hydrogens is 453 g/mol. The molecule has 5 rings (SSSR count). The van der Waals surface area contributed by atoms with E-state index in [9.17, 15) is 4.79 Å². The number of nitrogens with zero attached hydrogens (tertiary/aromatic N) is 2. The topological polar surface area (TPSA) is 46.9 Å². The third-order valence-corrected chi connectivity index (χ3v) is 8.96. The Morgan fingerprint density at radius 2 is 1.97 bits per heavy atom. The normalized spacial score (nSPS) is 33.8. The molecule has 0 bridgehead atoms. The van der Waals surface area contributed by atoms with Crippen LogP contribution in [0.3, 0.4) is 0 Å². The van der Waals surface area contributed by atoms with E-state index >= 15 is 0 Å². The fraction of sp³-hybridized carbons (Fsp3) is 0.481. The van der Waals surface area contributed by atoms with Gasteiger partial charge in [-0.25, -0.2) is 0 Å². The van der Waals surface area contributed by atoms with Crippen LogP contribution in [-0.2, 0) is 11.8 Å². The van der Waals surface area contributed by atoms with Crippen LogP contribution in [0.4, 0.5) is 0 Å². The van der Waals surface area contributed by atoms with E-state index in [1.807, 2.05) is 30.1 Å². The van der Waals surface area contributed by atoms with Gasteiger partial charge in [-0.05, 0) is 73.3 Å². The first-order chi connectivity index (χ1) is 15.8. The van der Waals surface area contributed by atoms with Crippen molar-refractivity contribution < 1.29 is 4.79 Å². The van der Waals surface area contributed by atoms with Gasteiger partial charge in [0.05, 0.1) is 11.6 Å². The van der Waals surface area contributed by atoms with Crippen molar-refractivity contribution in [1.82, 2.24) is 15.1 Å². The van der Waals surface area contributed by atoms with Gasteiger partial charge >= 0.3 is 0 Å². The third kappa shape index (κ3) is 3.76. The predicted molar refractivity (Wildman–Crippen MR) is 133 cm³/mol. The number of nitrogens with one attached hydrogen (secondary N) is 1. The highest BCUT2D eigenvalue weighted by atomic mass is 35.5. The summed E-state index contributed by atoms with van der Waals surface area (Å²) in [7, 11) is 1.94. The molecule has 33 heavy (non-hydrogen) atoms. The van der Waals surface area contributed by atoms with Crippen molar-refractivity contribution in [3.63, 3.8) is 0 Å². The summed E-state index contributed by atoms with van der Waals surface area (Å²) in [4.78, 5) is 13.2. The summed E-state index contributed by atoms with van der Waals surface area (Å²) in [5.74, 6) is 1.15. The van der Waals surface area contributed by atoms with E-state index in [1.54, 1.807) is 0 Å². The molecule has 1 aliphatic heterocycles. The largest absolute Gasteiger partial charge is 0.353 e. The molecule has 1 unspecified atom stereocenters. The Labute approximate surface area is 206 Å². The lowest BCUT2D eigenvalue weighted by Gasteiger charge is -2.48. The second kappa shape index (κ2) is 8.63. The predicted octanol–water partition coefficient (Wildman–Crippen LogP) is 6.33. The molecule has 6 heteroatoms. The average Bonchev–Trinajstić information content (AvgIpc) is 3.35. The second-order valence-electron chi connectivity index (χ2n) is 9.98. The molecule has 174 valence electrons. The summed E-state index contributed by atoms with van der Waals surface area (Å²) < 4.78 is 1.84. The molecule has 0 spiro atoms. The Bertz CT molecular complexity index is 1120. The molecule has 1 saturated carbocycles. The summed E-state index contributed by atoms with van der Waals surface area (Å²) in [5, 5.41) is 9.19. The number of halogens is 2. The number of amides is 1. The van der Waals surface area contributed by atoms with Crippen LogP contribution in [0.25, 0.3) is 0 Å². The zero-order valence-electron chi connectivity index (χ0n) is 19.4. The van der Waals surface area contributed by atoms with E-state index in [0.717, 1.165) is 35.7 Å². The maximum absolute atomic E-state index is 13.2. The van der Waals surface area contributed by atoms with Gasteiger partial charge in [-0.1, -0.05) is 54.4 Å². The van der Waals surface area contributed by atoms with E-state index in [0.29, 0.717) is 0 Å².